The molecule has 0 radical (unpaired) electrons. The molecule has 0 amide bonds. The van der Waals surface area contributed by atoms with E-state index in [2.05, 4.69) is 6.58 Å². The van der Waals surface area contributed by atoms with Gasteiger partial charge < -0.3 is 4.74 Å². The fourth-order valence-corrected chi connectivity index (χ4v) is 1.11. The van der Waals surface area contributed by atoms with E-state index in [0.717, 1.165) is 0 Å². The second-order valence-corrected chi connectivity index (χ2v) is 3.64. The Balaban J connectivity index is 3.41. The van der Waals surface area contributed by atoms with Crippen molar-refractivity contribution in [1.82, 2.24) is 0 Å². The van der Waals surface area contributed by atoms with E-state index in [-0.39, 0.29) is 11.7 Å². The van der Waals surface area contributed by atoms with Gasteiger partial charge in [0.05, 0.1) is 0 Å². The van der Waals surface area contributed by atoms with E-state index in [4.69, 9.17) is 4.74 Å². The summed E-state index contributed by atoms with van der Waals surface area (Å²) in [6.07, 6.45) is 0.513. The van der Waals surface area contributed by atoms with Gasteiger partial charge in [0, 0.05) is 17.7 Å². The lowest BCUT2D eigenvalue weighted by Gasteiger charge is -2.02. The second kappa shape index (κ2) is 6.71. The molecule has 0 spiro atoms. The Hall–Kier alpha value is -0.770. The smallest absolute Gasteiger partial charge is 0.333 e. The monoisotopic (exact) mass is 202 g/mol. The maximum absolute atomic E-state index is 10.8. The molecule has 0 N–H and O–H groups in total. The van der Waals surface area contributed by atoms with Crippen LogP contribution >= 0.6 is 11.8 Å². The van der Waals surface area contributed by atoms with Crippen LogP contribution in [0.3, 0.4) is 0 Å². The average Bonchev–Trinajstić information content (AvgIpc) is 2.11. The Labute approximate surface area is 82.5 Å². The zero-order valence-corrected chi connectivity index (χ0v) is 8.78. The number of thioether (sulfide) groups is 1. The highest BCUT2D eigenvalue weighted by molar-refractivity contribution is 8.13. The van der Waals surface area contributed by atoms with Gasteiger partial charge in [-0.25, -0.2) is 4.79 Å². The third-order valence-electron chi connectivity index (χ3n) is 1.22. The van der Waals surface area contributed by atoms with Crippen LogP contribution in [-0.2, 0) is 14.3 Å². The van der Waals surface area contributed by atoms with E-state index < -0.39 is 5.97 Å². The highest BCUT2D eigenvalue weighted by atomic mass is 32.2. The predicted octanol–water partition coefficient (Wildman–Crippen LogP) is 1.78. The number of carbonyl (C=O) groups excluding carboxylic acids is 2. The van der Waals surface area contributed by atoms with E-state index in [1.54, 1.807) is 13.8 Å². The van der Waals surface area contributed by atoms with Gasteiger partial charge in [0.2, 0.25) is 0 Å². The van der Waals surface area contributed by atoms with Crippen LogP contribution in [0.5, 0.6) is 0 Å². The molecule has 0 aliphatic heterocycles. The Morgan fingerprint density at radius 3 is 2.54 bits per heavy atom. The van der Waals surface area contributed by atoms with Gasteiger partial charge in [-0.1, -0.05) is 25.3 Å². The molecule has 0 aliphatic rings. The van der Waals surface area contributed by atoms with Crippen molar-refractivity contribution in [2.45, 2.75) is 20.3 Å². The molecule has 4 heteroatoms. The van der Waals surface area contributed by atoms with Crippen molar-refractivity contribution in [1.29, 1.82) is 0 Å². The van der Waals surface area contributed by atoms with Crippen LogP contribution in [0.4, 0.5) is 0 Å². The van der Waals surface area contributed by atoms with Crippen LogP contribution in [0.1, 0.15) is 20.3 Å². The van der Waals surface area contributed by atoms with Gasteiger partial charge in [-0.05, 0) is 6.92 Å². The quantitative estimate of drug-likeness (QED) is 0.387. The van der Waals surface area contributed by atoms with Gasteiger partial charge in [0.15, 0.2) is 5.12 Å². The normalized spacial score (nSPS) is 9.38. The van der Waals surface area contributed by atoms with E-state index in [9.17, 15) is 9.59 Å². The van der Waals surface area contributed by atoms with E-state index >= 15 is 0 Å². The molecule has 0 bridgehead atoms. The van der Waals surface area contributed by atoms with Crippen molar-refractivity contribution >= 4 is 22.8 Å². The number of hydrogen-bond acceptors (Lipinski definition) is 4. The van der Waals surface area contributed by atoms with Crippen LogP contribution in [0.15, 0.2) is 12.2 Å². The third-order valence-corrected chi connectivity index (χ3v) is 2.20. The number of ether oxygens (including phenoxy) is 1. The third kappa shape index (κ3) is 6.40. The second-order valence-electron chi connectivity index (χ2n) is 2.49. The first-order valence-electron chi connectivity index (χ1n) is 4.06. The molecular formula is C9H14O3S. The largest absolute Gasteiger partial charge is 0.461 e. The highest BCUT2D eigenvalue weighted by Gasteiger charge is 2.03. The minimum Gasteiger partial charge on any atom is -0.461 e. The molecule has 13 heavy (non-hydrogen) atoms. The molecule has 0 heterocycles. The molecule has 74 valence electrons. The molecule has 0 aromatic carbocycles. The van der Waals surface area contributed by atoms with E-state index in [1.165, 1.54) is 11.8 Å². The molecule has 0 fully saturated rings. The first kappa shape index (κ1) is 12.2. The topological polar surface area (TPSA) is 43.4 Å². The molecule has 0 aliphatic carbocycles. The van der Waals surface area contributed by atoms with Crippen LogP contribution in [0, 0.1) is 0 Å². The summed E-state index contributed by atoms with van der Waals surface area (Å²) < 4.78 is 4.79. The van der Waals surface area contributed by atoms with Crippen LogP contribution in [-0.4, -0.2) is 23.4 Å². The van der Waals surface area contributed by atoms with Crippen LogP contribution in [0.2, 0.25) is 0 Å². The van der Waals surface area contributed by atoms with Gasteiger partial charge in [-0.15, -0.1) is 0 Å². The first-order chi connectivity index (χ1) is 6.07. The average molecular weight is 202 g/mol. The number of rotatable bonds is 5. The Morgan fingerprint density at radius 2 is 2.08 bits per heavy atom. The number of esters is 1. The lowest BCUT2D eigenvalue weighted by atomic mass is 10.4. The molecule has 0 saturated heterocycles. The number of carbonyl (C=O) groups is 2. The van der Waals surface area contributed by atoms with Gasteiger partial charge in [0.25, 0.3) is 0 Å². The summed E-state index contributed by atoms with van der Waals surface area (Å²) in [5, 5.41) is 0.117. The molecular weight excluding hydrogens is 188 g/mol. The molecule has 3 nitrogen and oxygen atoms in total. The Bertz CT molecular complexity index is 211. The van der Waals surface area contributed by atoms with E-state index in [0.29, 0.717) is 17.7 Å². The lowest BCUT2D eigenvalue weighted by molar-refractivity contribution is -0.138. The van der Waals surface area contributed by atoms with Crippen molar-refractivity contribution in [2.24, 2.45) is 0 Å². The fraction of sp³-hybridized carbons (Fsp3) is 0.556. The highest BCUT2D eigenvalue weighted by Crippen LogP contribution is 2.04. The summed E-state index contributed by atoms with van der Waals surface area (Å²) in [4.78, 5) is 21.6. The van der Waals surface area contributed by atoms with Crippen LogP contribution < -0.4 is 0 Å². The molecule has 0 atom stereocenters. The summed E-state index contributed by atoms with van der Waals surface area (Å²) in [5.74, 6) is 0.121. The van der Waals surface area contributed by atoms with Crippen LogP contribution in [0.25, 0.3) is 0 Å². The van der Waals surface area contributed by atoms with Gasteiger partial charge in [0.1, 0.15) is 6.61 Å². The predicted molar refractivity (Wildman–Crippen MR) is 53.5 cm³/mol. The SMILES string of the molecule is C=C(C)C(=O)OCCSC(=O)CC. The van der Waals surface area contributed by atoms with Gasteiger partial charge in [-0.3, -0.25) is 4.79 Å². The molecule has 0 aromatic rings. The summed E-state index contributed by atoms with van der Waals surface area (Å²) in [6, 6.07) is 0. The summed E-state index contributed by atoms with van der Waals surface area (Å²) in [7, 11) is 0. The minimum atomic E-state index is -0.399. The Kier molecular flexibility index (Phi) is 6.32. The molecule has 0 unspecified atom stereocenters. The van der Waals surface area contributed by atoms with Crippen molar-refractivity contribution in [3.8, 4) is 0 Å². The van der Waals surface area contributed by atoms with E-state index in [1.807, 2.05) is 0 Å². The zero-order chi connectivity index (χ0) is 10.3. The van der Waals surface area contributed by atoms with Crippen molar-refractivity contribution in [3.05, 3.63) is 12.2 Å². The maximum Gasteiger partial charge on any atom is 0.333 e. The molecule has 0 saturated carbocycles. The molecule has 0 aromatic heterocycles. The lowest BCUT2D eigenvalue weighted by Crippen LogP contribution is -2.08. The fourth-order valence-electron chi connectivity index (χ4n) is 0.515. The number of hydrogen-bond donors (Lipinski definition) is 0. The van der Waals surface area contributed by atoms with Crippen molar-refractivity contribution in [2.75, 3.05) is 12.4 Å². The summed E-state index contributed by atoms with van der Waals surface area (Å²) >= 11 is 1.18. The molecule has 0 rings (SSSR count). The van der Waals surface area contributed by atoms with Gasteiger partial charge in [-0.2, -0.15) is 0 Å². The van der Waals surface area contributed by atoms with Crippen molar-refractivity contribution in [3.63, 3.8) is 0 Å². The Morgan fingerprint density at radius 1 is 1.46 bits per heavy atom. The van der Waals surface area contributed by atoms with Crippen molar-refractivity contribution < 1.29 is 14.3 Å². The summed E-state index contributed by atoms with van der Waals surface area (Å²) in [5.41, 5.74) is 0.381. The van der Waals surface area contributed by atoms with Gasteiger partial charge >= 0.3 is 5.97 Å². The summed E-state index contributed by atoms with van der Waals surface area (Å²) in [6.45, 7) is 7.09. The standard InChI is InChI=1S/C9H14O3S/c1-4-8(10)13-6-5-12-9(11)7(2)3/h2,4-6H2,1,3H3. The first-order valence-corrected chi connectivity index (χ1v) is 5.04. The minimum absolute atomic E-state index is 0.117. The zero-order valence-electron chi connectivity index (χ0n) is 7.96. The maximum atomic E-state index is 10.8.